The molecule has 70 valence electrons. The van der Waals surface area contributed by atoms with E-state index in [-0.39, 0.29) is 10.6 Å². The molecule has 0 aliphatic rings. The van der Waals surface area contributed by atoms with Crippen molar-refractivity contribution in [2.45, 2.75) is 16.6 Å². The van der Waals surface area contributed by atoms with Gasteiger partial charge in [-0.1, -0.05) is 33.6 Å². The monoisotopic (exact) mass is 278 g/mol. The third kappa shape index (κ3) is 2.48. The second kappa shape index (κ2) is 4.49. The fraction of sp³-hybridized carbons (Fsp3) is 0.222. The molecule has 0 N–H and O–H groups in total. The highest BCUT2D eigenvalue weighted by atomic mass is 79.9. The third-order valence-electron chi connectivity index (χ3n) is 1.64. The molecule has 0 amide bonds. The molecule has 13 heavy (non-hydrogen) atoms. The first kappa shape index (κ1) is 11.1. The molecule has 0 spiro atoms. The van der Waals surface area contributed by atoms with Crippen molar-refractivity contribution in [2.75, 3.05) is 0 Å². The number of rotatable bonds is 2. The molecule has 1 atom stereocenters. The van der Waals surface area contributed by atoms with Crippen LogP contribution in [-0.4, -0.2) is 5.78 Å². The number of thiol groups is 1. The first-order chi connectivity index (χ1) is 6.04. The summed E-state index contributed by atoms with van der Waals surface area (Å²) in [4.78, 5) is 11.5. The Morgan fingerprint density at radius 1 is 1.62 bits per heavy atom. The first-order valence-electron chi connectivity index (χ1n) is 3.66. The molecule has 1 nitrogen and oxygen atoms in total. The van der Waals surface area contributed by atoms with Crippen LogP contribution in [0.4, 0.5) is 0 Å². The topological polar surface area (TPSA) is 17.1 Å². The van der Waals surface area contributed by atoms with E-state index < -0.39 is 0 Å². The zero-order valence-electron chi connectivity index (χ0n) is 6.92. The van der Waals surface area contributed by atoms with Gasteiger partial charge in [0.2, 0.25) is 0 Å². The Labute approximate surface area is 96.0 Å². The number of alkyl halides is 1. The highest BCUT2D eigenvalue weighted by Crippen LogP contribution is 2.34. The molecule has 0 saturated carbocycles. The summed E-state index contributed by atoms with van der Waals surface area (Å²) in [5, 5.41) is 0.560. The lowest BCUT2D eigenvalue weighted by Gasteiger charge is -2.10. The Bertz CT molecular complexity index is 320. The molecule has 1 aromatic carbocycles. The van der Waals surface area contributed by atoms with Gasteiger partial charge in [-0.05, 0) is 19.1 Å². The standard InChI is InChI=1S/C9H8BrClOS/c1-5(12)9(10)8-6(11)3-2-4-7(8)13/h2-4,9,13H,1H3. The fourth-order valence-electron chi connectivity index (χ4n) is 0.980. The number of hydrogen-bond donors (Lipinski definition) is 1. The Morgan fingerprint density at radius 2 is 2.23 bits per heavy atom. The normalized spacial score (nSPS) is 12.6. The molecular formula is C9H8BrClOS. The largest absolute Gasteiger partial charge is 0.298 e. The van der Waals surface area contributed by atoms with E-state index in [9.17, 15) is 4.79 Å². The summed E-state index contributed by atoms with van der Waals surface area (Å²) in [5.41, 5.74) is 0.736. The van der Waals surface area contributed by atoms with Gasteiger partial charge in [0.1, 0.15) is 10.6 Å². The van der Waals surface area contributed by atoms with Crippen LogP contribution >= 0.6 is 40.2 Å². The molecule has 0 fully saturated rings. The van der Waals surface area contributed by atoms with Crippen LogP contribution in [0.1, 0.15) is 17.3 Å². The van der Waals surface area contributed by atoms with E-state index >= 15 is 0 Å². The SMILES string of the molecule is CC(=O)C(Br)c1c(S)cccc1Cl. The Kier molecular flexibility index (Phi) is 3.83. The van der Waals surface area contributed by atoms with E-state index in [1.165, 1.54) is 6.92 Å². The highest BCUT2D eigenvalue weighted by molar-refractivity contribution is 9.09. The van der Waals surface area contributed by atoms with E-state index in [1.807, 2.05) is 6.07 Å². The van der Waals surface area contributed by atoms with Gasteiger partial charge in [0.15, 0.2) is 0 Å². The highest BCUT2D eigenvalue weighted by Gasteiger charge is 2.18. The van der Waals surface area contributed by atoms with Gasteiger partial charge in [-0.15, -0.1) is 12.6 Å². The number of carbonyl (C=O) groups excluding carboxylic acids is 1. The Hall–Kier alpha value is 0.01000. The van der Waals surface area contributed by atoms with Crippen LogP contribution in [-0.2, 0) is 4.79 Å². The average molecular weight is 280 g/mol. The number of ketones is 1. The molecule has 1 rings (SSSR count). The van der Waals surface area contributed by atoms with Crippen LogP contribution < -0.4 is 0 Å². The average Bonchev–Trinajstić information content (AvgIpc) is 2.03. The lowest BCUT2D eigenvalue weighted by molar-refractivity contribution is -0.116. The maximum absolute atomic E-state index is 11.1. The molecule has 4 heteroatoms. The van der Waals surface area contributed by atoms with Gasteiger partial charge in [-0.3, -0.25) is 4.79 Å². The Balaban J connectivity index is 3.20. The Morgan fingerprint density at radius 3 is 2.69 bits per heavy atom. The van der Waals surface area contributed by atoms with Gasteiger partial charge in [0.05, 0.1) is 0 Å². The molecular weight excluding hydrogens is 272 g/mol. The maximum Gasteiger partial charge on any atom is 0.147 e. The fourth-order valence-corrected chi connectivity index (χ4v) is 2.47. The summed E-state index contributed by atoms with van der Waals surface area (Å²) < 4.78 is 0. The minimum Gasteiger partial charge on any atom is -0.298 e. The van der Waals surface area contributed by atoms with Crippen molar-refractivity contribution in [3.05, 3.63) is 28.8 Å². The van der Waals surface area contributed by atoms with Gasteiger partial charge in [0, 0.05) is 15.5 Å². The molecule has 1 aromatic rings. The van der Waals surface area contributed by atoms with E-state index in [4.69, 9.17) is 11.6 Å². The van der Waals surface area contributed by atoms with Crippen molar-refractivity contribution in [1.29, 1.82) is 0 Å². The number of Topliss-reactive ketones (excluding diaryl/α,β-unsaturated/α-hetero) is 1. The first-order valence-corrected chi connectivity index (χ1v) is 5.40. The van der Waals surface area contributed by atoms with Gasteiger partial charge >= 0.3 is 0 Å². The van der Waals surface area contributed by atoms with Crippen LogP contribution in [0.25, 0.3) is 0 Å². The lowest BCUT2D eigenvalue weighted by atomic mass is 10.1. The predicted molar refractivity (Wildman–Crippen MR) is 61.1 cm³/mol. The molecule has 0 heterocycles. The zero-order valence-corrected chi connectivity index (χ0v) is 10.2. The number of carbonyl (C=O) groups is 1. The smallest absolute Gasteiger partial charge is 0.147 e. The van der Waals surface area contributed by atoms with Crippen molar-refractivity contribution >= 4 is 45.9 Å². The molecule has 0 bridgehead atoms. The third-order valence-corrected chi connectivity index (χ3v) is 3.46. The van der Waals surface area contributed by atoms with Crippen molar-refractivity contribution < 1.29 is 4.79 Å². The van der Waals surface area contributed by atoms with Crippen molar-refractivity contribution in [2.24, 2.45) is 0 Å². The van der Waals surface area contributed by atoms with E-state index in [2.05, 4.69) is 28.6 Å². The summed E-state index contributed by atoms with van der Waals surface area (Å²) in [5.74, 6) is 0.0170. The van der Waals surface area contributed by atoms with Crippen molar-refractivity contribution in [3.8, 4) is 0 Å². The van der Waals surface area contributed by atoms with Gasteiger partial charge in [0.25, 0.3) is 0 Å². The minimum absolute atomic E-state index is 0.0170. The molecule has 0 aliphatic heterocycles. The summed E-state index contributed by atoms with van der Waals surface area (Å²) in [6, 6.07) is 5.35. The van der Waals surface area contributed by atoms with Crippen LogP contribution in [0.3, 0.4) is 0 Å². The molecule has 0 aromatic heterocycles. The summed E-state index contributed by atoms with van der Waals surface area (Å²) in [6.07, 6.45) is 0. The second-order valence-corrected chi connectivity index (χ2v) is 4.45. The van der Waals surface area contributed by atoms with Crippen LogP contribution in [0, 0.1) is 0 Å². The molecule has 1 unspecified atom stereocenters. The van der Waals surface area contributed by atoms with Gasteiger partial charge < -0.3 is 0 Å². The number of halogens is 2. The lowest BCUT2D eigenvalue weighted by Crippen LogP contribution is -2.02. The van der Waals surface area contributed by atoms with Crippen molar-refractivity contribution in [1.82, 2.24) is 0 Å². The van der Waals surface area contributed by atoms with E-state index in [0.29, 0.717) is 5.02 Å². The van der Waals surface area contributed by atoms with Gasteiger partial charge in [-0.2, -0.15) is 0 Å². The predicted octanol–water partition coefficient (Wildman–Crippen LogP) is 3.65. The maximum atomic E-state index is 11.1. The molecule has 0 radical (unpaired) electrons. The number of hydrogen-bond acceptors (Lipinski definition) is 2. The summed E-state index contributed by atoms with van der Waals surface area (Å²) in [7, 11) is 0. The summed E-state index contributed by atoms with van der Waals surface area (Å²) >= 11 is 13.4. The van der Waals surface area contributed by atoms with Crippen LogP contribution in [0.2, 0.25) is 5.02 Å². The zero-order chi connectivity index (χ0) is 10.0. The molecule has 0 saturated heterocycles. The van der Waals surface area contributed by atoms with E-state index in [1.54, 1.807) is 12.1 Å². The van der Waals surface area contributed by atoms with Crippen LogP contribution in [0.15, 0.2) is 23.1 Å². The second-order valence-electron chi connectivity index (χ2n) is 2.65. The van der Waals surface area contributed by atoms with E-state index in [0.717, 1.165) is 10.5 Å². The molecule has 0 aliphatic carbocycles. The van der Waals surface area contributed by atoms with Crippen LogP contribution in [0.5, 0.6) is 0 Å². The number of benzene rings is 1. The van der Waals surface area contributed by atoms with Gasteiger partial charge in [-0.25, -0.2) is 0 Å². The quantitative estimate of drug-likeness (QED) is 0.646. The summed E-state index contributed by atoms with van der Waals surface area (Å²) in [6.45, 7) is 1.51. The van der Waals surface area contributed by atoms with Crippen molar-refractivity contribution in [3.63, 3.8) is 0 Å². The minimum atomic E-state index is -0.367.